The third kappa shape index (κ3) is 11.1. The average molecular weight is 406 g/mol. The fourth-order valence-corrected chi connectivity index (χ4v) is 1.96. The number of carbonyl (C=O) groups excluding carboxylic acids is 2. The second-order valence-electron chi connectivity index (χ2n) is 6.59. The van der Waals surface area contributed by atoms with Crippen LogP contribution in [0, 0.1) is 0 Å². The van der Waals surface area contributed by atoms with Crippen molar-refractivity contribution in [3.05, 3.63) is 0 Å². The van der Waals surface area contributed by atoms with E-state index >= 15 is 0 Å². The van der Waals surface area contributed by atoms with Gasteiger partial charge in [0.25, 0.3) is 0 Å². The molecule has 0 heterocycles. The lowest BCUT2D eigenvalue weighted by atomic mass is 10.1. The molecule has 6 N–H and O–H groups in total. The molecule has 0 aromatic carbocycles. The van der Waals surface area contributed by atoms with Crippen molar-refractivity contribution < 1.29 is 49.1 Å². The van der Waals surface area contributed by atoms with Gasteiger partial charge >= 0.3 is 23.9 Å². The van der Waals surface area contributed by atoms with Gasteiger partial charge in [-0.3, -0.25) is 24.5 Å². The smallest absolute Gasteiger partial charge is 0.326 e. The number of carboxylic acid groups (broad SMARTS) is 3. The number of nitrogens with one attached hydrogen (secondary N) is 2. The van der Waals surface area contributed by atoms with Gasteiger partial charge in [-0.05, 0) is 26.7 Å². The Hall–Kier alpha value is -2.73. The van der Waals surface area contributed by atoms with Gasteiger partial charge in [0.15, 0.2) is 0 Å². The van der Waals surface area contributed by atoms with E-state index in [2.05, 4.69) is 10.6 Å². The van der Waals surface area contributed by atoms with Crippen LogP contribution in [0.5, 0.6) is 0 Å². The molecule has 0 aliphatic rings. The third-order valence-electron chi connectivity index (χ3n) is 3.50. The molecule has 0 aromatic rings. The van der Waals surface area contributed by atoms with E-state index in [0.717, 1.165) is 0 Å². The number of amides is 1. The Balaban J connectivity index is 4.55. The number of ether oxygens (including phenoxy) is 1. The minimum Gasteiger partial charge on any atom is -0.481 e. The molecule has 12 heteroatoms. The van der Waals surface area contributed by atoms with Crippen LogP contribution in [0.25, 0.3) is 0 Å². The largest absolute Gasteiger partial charge is 0.481 e. The summed E-state index contributed by atoms with van der Waals surface area (Å²) in [5, 5.41) is 40.3. The fourth-order valence-electron chi connectivity index (χ4n) is 1.96. The summed E-state index contributed by atoms with van der Waals surface area (Å²) >= 11 is 0. The zero-order valence-electron chi connectivity index (χ0n) is 15.6. The first-order chi connectivity index (χ1) is 12.9. The molecule has 0 saturated carbocycles. The first-order valence-electron chi connectivity index (χ1n) is 8.40. The van der Waals surface area contributed by atoms with E-state index < -0.39 is 67.0 Å². The van der Waals surface area contributed by atoms with Crippen LogP contribution in [-0.4, -0.2) is 81.0 Å². The quantitative estimate of drug-likeness (QED) is 0.184. The summed E-state index contributed by atoms with van der Waals surface area (Å²) in [6, 6.07) is -2.69. The number of rotatable bonds is 14. The third-order valence-corrected chi connectivity index (χ3v) is 3.50. The molecule has 0 aliphatic carbocycles. The van der Waals surface area contributed by atoms with Crippen LogP contribution < -0.4 is 10.6 Å². The molecule has 0 fully saturated rings. The summed E-state index contributed by atoms with van der Waals surface area (Å²) in [7, 11) is 0. The molecule has 0 saturated heterocycles. The molecule has 1 amide bonds. The van der Waals surface area contributed by atoms with Crippen LogP contribution in [0.3, 0.4) is 0 Å². The van der Waals surface area contributed by atoms with E-state index in [1.165, 1.54) is 13.8 Å². The molecule has 0 unspecified atom stereocenters. The number of carboxylic acids is 3. The second-order valence-corrected chi connectivity index (χ2v) is 6.59. The summed E-state index contributed by atoms with van der Waals surface area (Å²) in [5.41, 5.74) is -1.13. The van der Waals surface area contributed by atoms with E-state index in [9.17, 15) is 24.0 Å². The molecular formula is C16H26N2O10. The lowest BCUT2D eigenvalue weighted by Crippen LogP contribution is -2.44. The lowest BCUT2D eigenvalue weighted by molar-refractivity contribution is -0.159. The van der Waals surface area contributed by atoms with E-state index in [4.69, 9.17) is 25.2 Å². The summed E-state index contributed by atoms with van der Waals surface area (Å²) in [6.07, 6.45) is -1.38. The summed E-state index contributed by atoms with van der Waals surface area (Å²) in [6.45, 7) is 2.03. The topological polar surface area (TPSA) is 200 Å². The number of aliphatic hydroxyl groups is 1. The molecule has 160 valence electrons. The van der Waals surface area contributed by atoms with Crippen LogP contribution >= 0.6 is 0 Å². The molecule has 0 aliphatic heterocycles. The van der Waals surface area contributed by atoms with Crippen molar-refractivity contribution in [3.8, 4) is 0 Å². The normalized spacial score (nSPS) is 13.2. The Labute approximate surface area is 160 Å². The first-order valence-corrected chi connectivity index (χ1v) is 8.40. The first kappa shape index (κ1) is 25.3. The fraction of sp³-hybridized carbons (Fsp3) is 0.688. The average Bonchev–Trinajstić information content (AvgIpc) is 2.57. The van der Waals surface area contributed by atoms with Gasteiger partial charge < -0.3 is 30.5 Å². The molecule has 0 bridgehead atoms. The highest BCUT2D eigenvalue weighted by atomic mass is 16.6. The maximum atomic E-state index is 11.8. The van der Waals surface area contributed by atoms with Gasteiger partial charge in [-0.15, -0.1) is 0 Å². The predicted molar refractivity (Wildman–Crippen MR) is 92.4 cm³/mol. The molecule has 0 rings (SSSR count). The maximum absolute atomic E-state index is 11.8. The standard InChI is InChI=1S/C16H26N2O10/c1-16(2,8-19)28-13(23)7-17-9(14(24)25)3-5-11(20)18-10(15(26)27)4-6-12(21)22/h9-10,17,19H,3-8H2,1-2H3,(H,18,20)(H,21,22)(H,24,25)(H,26,27)/t9-,10-/m0/s1. The minimum atomic E-state index is -1.41. The Morgan fingerprint density at radius 2 is 1.46 bits per heavy atom. The maximum Gasteiger partial charge on any atom is 0.326 e. The van der Waals surface area contributed by atoms with Crippen molar-refractivity contribution in [2.75, 3.05) is 13.2 Å². The van der Waals surface area contributed by atoms with Crippen molar-refractivity contribution in [2.24, 2.45) is 0 Å². The molecule has 0 aromatic heterocycles. The highest BCUT2D eigenvalue weighted by molar-refractivity contribution is 5.84. The zero-order chi connectivity index (χ0) is 21.9. The van der Waals surface area contributed by atoms with Crippen LogP contribution in [0.4, 0.5) is 0 Å². The molecule has 0 spiro atoms. The summed E-state index contributed by atoms with van der Waals surface area (Å²) in [4.78, 5) is 56.2. The Kier molecular flexibility index (Phi) is 10.7. The molecule has 0 radical (unpaired) electrons. The number of hydrogen-bond donors (Lipinski definition) is 6. The molecule has 28 heavy (non-hydrogen) atoms. The number of carbonyl (C=O) groups is 5. The van der Waals surface area contributed by atoms with E-state index in [-0.39, 0.29) is 19.3 Å². The van der Waals surface area contributed by atoms with Gasteiger partial charge in [-0.1, -0.05) is 0 Å². The van der Waals surface area contributed by atoms with Gasteiger partial charge in [0.1, 0.15) is 17.7 Å². The van der Waals surface area contributed by atoms with Crippen molar-refractivity contribution in [2.45, 2.75) is 57.2 Å². The number of esters is 1. The minimum absolute atomic E-state index is 0.247. The van der Waals surface area contributed by atoms with Gasteiger partial charge in [0.05, 0.1) is 13.2 Å². The van der Waals surface area contributed by atoms with Crippen molar-refractivity contribution in [1.82, 2.24) is 10.6 Å². The Morgan fingerprint density at radius 1 is 0.929 bits per heavy atom. The van der Waals surface area contributed by atoms with E-state index in [1.54, 1.807) is 0 Å². The Morgan fingerprint density at radius 3 is 1.93 bits per heavy atom. The van der Waals surface area contributed by atoms with Crippen LogP contribution in [0.15, 0.2) is 0 Å². The second kappa shape index (κ2) is 11.9. The number of hydrogen-bond acceptors (Lipinski definition) is 8. The summed E-state index contributed by atoms with van der Waals surface area (Å²) in [5.74, 6) is -5.52. The zero-order valence-corrected chi connectivity index (χ0v) is 15.6. The van der Waals surface area contributed by atoms with Crippen LogP contribution in [0.2, 0.25) is 0 Å². The molecule has 12 nitrogen and oxygen atoms in total. The monoisotopic (exact) mass is 406 g/mol. The summed E-state index contributed by atoms with van der Waals surface area (Å²) < 4.78 is 4.93. The Bertz CT molecular complexity index is 590. The van der Waals surface area contributed by atoms with Crippen LogP contribution in [-0.2, 0) is 28.7 Å². The highest BCUT2D eigenvalue weighted by Gasteiger charge is 2.25. The van der Waals surface area contributed by atoms with E-state index in [1.807, 2.05) is 0 Å². The van der Waals surface area contributed by atoms with Crippen molar-refractivity contribution in [1.29, 1.82) is 0 Å². The predicted octanol–water partition coefficient (Wildman–Crippen LogP) is -1.44. The number of aliphatic carboxylic acids is 3. The highest BCUT2D eigenvalue weighted by Crippen LogP contribution is 2.08. The van der Waals surface area contributed by atoms with E-state index in [0.29, 0.717) is 0 Å². The van der Waals surface area contributed by atoms with Gasteiger partial charge in [-0.2, -0.15) is 0 Å². The lowest BCUT2D eigenvalue weighted by Gasteiger charge is -2.23. The van der Waals surface area contributed by atoms with Gasteiger partial charge in [0, 0.05) is 12.8 Å². The van der Waals surface area contributed by atoms with Gasteiger partial charge in [-0.25, -0.2) is 4.79 Å². The molecular weight excluding hydrogens is 380 g/mol. The van der Waals surface area contributed by atoms with Gasteiger partial charge in [0.2, 0.25) is 5.91 Å². The van der Waals surface area contributed by atoms with Crippen molar-refractivity contribution in [3.63, 3.8) is 0 Å². The van der Waals surface area contributed by atoms with Crippen LogP contribution in [0.1, 0.15) is 39.5 Å². The number of aliphatic hydroxyl groups excluding tert-OH is 1. The molecule has 2 atom stereocenters. The SMILES string of the molecule is CC(C)(CO)OC(=O)CN[C@@H](CCC(=O)N[C@@H](CCC(=O)O)C(=O)O)C(=O)O. The van der Waals surface area contributed by atoms with Crippen molar-refractivity contribution >= 4 is 29.8 Å².